The molecule has 5 heteroatoms. The summed E-state index contributed by atoms with van der Waals surface area (Å²) in [4.78, 5) is 8.84. The fourth-order valence-electron chi connectivity index (χ4n) is 2.29. The number of aromatic nitrogens is 4. The van der Waals surface area contributed by atoms with E-state index in [0.717, 1.165) is 30.0 Å². The molecule has 0 atom stereocenters. The number of hydrogen-bond acceptors (Lipinski definition) is 3. The van der Waals surface area contributed by atoms with Crippen LogP contribution in [0.1, 0.15) is 18.9 Å². The van der Waals surface area contributed by atoms with Crippen molar-refractivity contribution >= 4 is 11.5 Å². The Morgan fingerprint density at radius 3 is 3.00 bits per heavy atom. The maximum atomic E-state index is 6.20. The molecule has 5 nitrogen and oxygen atoms in total. The normalized spacial score (nSPS) is 11.3. The fraction of sp³-hybridized carbons (Fsp3) is 0.286. The Kier molecular flexibility index (Phi) is 2.74. The van der Waals surface area contributed by atoms with Crippen LogP contribution in [0.2, 0.25) is 0 Å². The Labute approximate surface area is 111 Å². The van der Waals surface area contributed by atoms with Crippen molar-refractivity contribution in [2.24, 2.45) is 0 Å². The average Bonchev–Trinajstić information content (AvgIpc) is 2.95. The van der Waals surface area contributed by atoms with Gasteiger partial charge in [-0.15, -0.1) is 0 Å². The number of imidazole rings is 2. The van der Waals surface area contributed by atoms with E-state index in [1.165, 1.54) is 5.56 Å². The number of aryl methyl sites for hydroxylation is 2. The molecule has 3 aromatic heterocycles. The first-order chi connectivity index (χ1) is 9.20. The monoisotopic (exact) mass is 255 g/mol. The molecule has 19 heavy (non-hydrogen) atoms. The molecular formula is C14H17N5. The lowest BCUT2D eigenvalue weighted by molar-refractivity contribution is 0.683. The number of anilines is 1. The highest BCUT2D eigenvalue weighted by atomic mass is 15.1. The second-order valence-electron chi connectivity index (χ2n) is 4.75. The zero-order valence-corrected chi connectivity index (χ0v) is 11.2. The number of nitrogens with two attached hydrogens (primary N) is 1. The molecule has 3 rings (SSSR count). The number of pyridine rings is 1. The highest BCUT2D eigenvalue weighted by molar-refractivity contribution is 5.72. The summed E-state index contributed by atoms with van der Waals surface area (Å²) in [5.41, 5.74) is 10.0. The van der Waals surface area contributed by atoms with Gasteiger partial charge >= 0.3 is 0 Å². The second kappa shape index (κ2) is 4.42. The first kappa shape index (κ1) is 11.8. The summed E-state index contributed by atoms with van der Waals surface area (Å²) in [6.45, 7) is 5.10. The highest BCUT2D eigenvalue weighted by Gasteiger charge is 2.14. The van der Waals surface area contributed by atoms with Gasteiger partial charge in [0, 0.05) is 12.7 Å². The Balaban J connectivity index is 2.19. The fourth-order valence-corrected chi connectivity index (χ4v) is 2.29. The Hall–Kier alpha value is -2.30. The number of fused-ring (bicyclic) bond motifs is 1. The molecule has 98 valence electrons. The quantitative estimate of drug-likeness (QED) is 0.782. The molecule has 0 fully saturated rings. The van der Waals surface area contributed by atoms with Crippen molar-refractivity contribution in [2.75, 3.05) is 5.73 Å². The van der Waals surface area contributed by atoms with Crippen molar-refractivity contribution in [2.45, 2.75) is 26.8 Å². The van der Waals surface area contributed by atoms with Crippen LogP contribution in [-0.4, -0.2) is 18.9 Å². The number of nitrogen functional groups attached to an aromatic ring is 1. The van der Waals surface area contributed by atoms with E-state index in [1.54, 1.807) is 0 Å². The summed E-state index contributed by atoms with van der Waals surface area (Å²) in [6.07, 6.45) is 6.65. The summed E-state index contributed by atoms with van der Waals surface area (Å²) in [5.74, 6) is 0.660. The van der Waals surface area contributed by atoms with E-state index >= 15 is 0 Å². The third-order valence-electron chi connectivity index (χ3n) is 3.24. The third-order valence-corrected chi connectivity index (χ3v) is 3.24. The molecular weight excluding hydrogens is 238 g/mol. The van der Waals surface area contributed by atoms with Crippen molar-refractivity contribution in [3.8, 4) is 11.4 Å². The second-order valence-corrected chi connectivity index (χ2v) is 4.75. The van der Waals surface area contributed by atoms with Crippen LogP contribution in [0, 0.1) is 6.92 Å². The van der Waals surface area contributed by atoms with E-state index in [2.05, 4.69) is 21.5 Å². The molecule has 0 saturated carbocycles. The van der Waals surface area contributed by atoms with Gasteiger partial charge in [0.25, 0.3) is 0 Å². The van der Waals surface area contributed by atoms with Crippen LogP contribution in [0.15, 0.2) is 30.9 Å². The van der Waals surface area contributed by atoms with Crippen LogP contribution in [0.25, 0.3) is 17.0 Å². The predicted molar refractivity (Wildman–Crippen MR) is 75.9 cm³/mol. The van der Waals surface area contributed by atoms with Gasteiger partial charge in [-0.1, -0.05) is 6.92 Å². The number of rotatable bonds is 3. The zero-order chi connectivity index (χ0) is 13.4. The highest BCUT2D eigenvalue weighted by Crippen LogP contribution is 2.26. The third kappa shape index (κ3) is 1.87. The van der Waals surface area contributed by atoms with Crippen LogP contribution in [0.4, 0.5) is 5.82 Å². The van der Waals surface area contributed by atoms with Crippen LogP contribution >= 0.6 is 0 Å². The minimum Gasteiger partial charge on any atom is -0.383 e. The maximum Gasteiger partial charge on any atom is 0.139 e. The average molecular weight is 255 g/mol. The summed E-state index contributed by atoms with van der Waals surface area (Å²) >= 11 is 0. The van der Waals surface area contributed by atoms with Crippen molar-refractivity contribution in [1.82, 2.24) is 18.9 Å². The number of nitrogens with zero attached hydrogens (tertiary/aromatic N) is 4. The van der Waals surface area contributed by atoms with Gasteiger partial charge in [0.1, 0.15) is 17.2 Å². The first-order valence-corrected chi connectivity index (χ1v) is 6.45. The molecule has 0 aromatic carbocycles. The minimum atomic E-state index is 0.660. The topological polar surface area (TPSA) is 61.1 Å². The van der Waals surface area contributed by atoms with Crippen LogP contribution in [-0.2, 0) is 6.54 Å². The van der Waals surface area contributed by atoms with E-state index in [9.17, 15) is 0 Å². The SMILES string of the molecule is CCCn1cncc1-c1nc2cc(C)ccn2c1N. The molecule has 3 aromatic rings. The Morgan fingerprint density at radius 2 is 2.21 bits per heavy atom. The van der Waals surface area contributed by atoms with Gasteiger partial charge in [-0.3, -0.25) is 4.40 Å². The van der Waals surface area contributed by atoms with Gasteiger partial charge < -0.3 is 10.3 Å². The largest absolute Gasteiger partial charge is 0.383 e. The predicted octanol–water partition coefficient (Wildman–Crippen LogP) is 2.50. The van der Waals surface area contributed by atoms with Crippen molar-refractivity contribution in [3.63, 3.8) is 0 Å². The van der Waals surface area contributed by atoms with Gasteiger partial charge in [0.15, 0.2) is 0 Å². The summed E-state index contributed by atoms with van der Waals surface area (Å²) in [5, 5.41) is 0. The molecule has 0 spiro atoms. The van der Waals surface area contributed by atoms with E-state index < -0.39 is 0 Å². The van der Waals surface area contributed by atoms with Crippen LogP contribution < -0.4 is 5.73 Å². The number of hydrogen-bond donors (Lipinski definition) is 1. The lowest BCUT2D eigenvalue weighted by Gasteiger charge is -2.04. The zero-order valence-electron chi connectivity index (χ0n) is 11.2. The molecule has 0 aliphatic carbocycles. The van der Waals surface area contributed by atoms with E-state index in [-0.39, 0.29) is 0 Å². The smallest absolute Gasteiger partial charge is 0.139 e. The van der Waals surface area contributed by atoms with Crippen molar-refractivity contribution < 1.29 is 0 Å². The molecule has 0 unspecified atom stereocenters. The van der Waals surface area contributed by atoms with Gasteiger partial charge in [-0.2, -0.15) is 0 Å². The molecule has 0 bridgehead atoms. The lowest BCUT2D eigenvalue weighted by Crippen LogP contribution is -2.00. The van der Waals surface area contributed by atoms with Gasteiger partial charge in [-0.25, -0.2) is 9.97 Å². The molecule has 0 aliphatic heterocycles. The first-order valence-electron chi connectivity index (χ1n) is 6.45. The van der Waals surface area contributed by atoms with Crippen molar-refractivity contribution in [3.05, 3.63) is 36.4 Å². The lowest BCUT2D eigenvalue weighted by atomic mass is 10.3. The van der Waals surface area contributed by atoms with E-state index in [4.69, 9.17) is 5.73 Å². The molecule has 2 N–H and O–H groups in total. The molecule has 3 heterocycles. The molecule has 0 radical (unpaired) electrons. The molecule has 0 amide bonds. The van der Waals surface area contributed by atoms with Crippen LogP contribution in [0.5, 0.6) is 0 Å². The van der Waals surface area contributed by atoms with Gasteiger partial charge in [0.2, 0.25) is 0 Å². The summed E-state index contributed by atoms with van der Waals surface area (Å²) in [6, 6.07) is 4.05. The maximum absolute atomic E-state index is 6.20. The van der Waals surface area contributed by atoms with E-state index in [0.29, 0.717) is 5.82 Å². The van der Waals surface area contributed by atoms with Crippen LogP contribution in [0.3, 0.4) is 0 Å². The Bertz CT molecular complexity index is 723. The standard InChI is InChI=1S/C14H17N5/c1-3-5-18-9-16-8-11(18)13-14(15)19-6-4-10(2)7-12(19)17-13/h4,6-9H,3,5,15H2,1-2H3. The van der Waals surface area contributed by atoms with E-state index in [1.807, 2.05) is 42.2 Å². The molecule has 0 aliphatic rings. The summed E-state index contributed by atoms with van der Waals surface area (Å²) in [7, 11) is 0. The van der Waals surface area contributed by atoms with Gasteiger partial charge in [0.05, 0.1) is 18.2 Å². The van der Waals surface area contributed by atoms with Crippen molar-refractivity contribution in [1.29, 1.82) is 0 Å². The minimum absolute atomic E-state index is 0.660. The Morgan fingerprint density at radius 1 is 1.37 bits per heavy atom. The summed E-state index contributed by atoms with van der Waals surface area (Å²) < 4.78 is 4.00. The van der Waals surface area contributed by atoms with Gasteiger partial charge in [-0.05, 0) is 31.0 Å². The molecule has 0 saturated heterocycles.